The Balaban J connectivity index is 1.74. The van der Waals surface area contributed by atoms with Gasteiger partial charge in [0.1, 0.15) is 18.0 Å². The zero-order valence-corrected chi connectivity index (χ0v) is 11.8. The predicted octanol–water partition coefficient (Wildman–Crippen LogP) is 2.49. The van der Waals surface area contributed by atoms with E-state index in [-0.39, 0.29) is 5.82 Å². The van der Waals surface area contributed by atoms with Crippen molar-refractivity contribution in [1.82, 2.24) is 19.5 Å². The molecule has 0 aliphatic rings. The van der Waals surface area contributed by atoms with Crippen molar-refractivity contribution in [3.05, 3.63) is 49.1 Å². The molecule has 0 atom stereocenters. The maximum Gasteiger partial charge on any atom is 0.139 e. The van der Waals surface area contributed by atoms with E-state index in [9.17, 15) is 4.39 Å². The summed E-state index contributed by atoms with van der Waals surface area (Å²) < 4.78 is 15.5. The number of hydrogen-bond donors (Lipinski definition) is 0. The first-order chi connectivity index (χ1) is 10.2. The van der Waals surface area contributed by atoms with Gasteiger partial charge in [-0.25, -0.2) is 19.3 Å². The summed E-state index contributed by atoms with van der Waals surface area (Å²) in [5.74, 6) is 0.482. The lowest BCUT2D eigenvalue weighted by molar-refractivity contribution is 0.628. The first-order valence-corrected chi connectivity index (χ1v) is 6.81. The Morgan fingerprint density at radius 3 is 3.00 bits per heavy atom. The third-order valence-corrected chi connectivity index (χ3v) is 3.41. The maximum atomic E-state index is 13.4. The number of halogens is 1. The fourth-order valence-corrected chi connectivity index (χ4v) is 2.33. The van der Waals surface area contributed by atoms with Crippen molar-refractivity contribution in [1.29, 1.82) is 0 Å². The third kappa shape index (κ3) is 2.99. The molecule has 0 saturated heterocycles. The molecule has 0 saturated carbocycles. The second kappa shape index (κ2) is 5.87. The first kappa shape index (κ1) is 13.5. The largest absolute Gasteiger partial charge is 0.359 e. The van der Waals surface area contributed by atoms with E-state index >= 15 is 0 Å². The van der Waals surface area contributed by atoms with Crippen LogP contribution in [0.3, 0.4) is 0 Å². The quantitative estimate of drug-likeness (QED) is 0.722. The molecule has 2 heterocycles. The summed E-state index contributed by atoms with van der Waals surface area (Å²) in [5.41, 5.74) is 0.753. The number of rotatable bonds is 5. The van der Waals surface area contributed by atoms with Gasteiger partial charge < -0.3 is 9.47 Å². The SMILES string of the molecule is CN(CCCn1ccnc1)c1ncnc2ccc(F)cc12. The van der Waals surface area contributed by atoms with Crippen molar-refractivity contribution in [2.75, 3.05) is 18.5 Å². The molecule has 0 amide bonds. The molecule has 3 rings (SSSR count). The number of fused-ring (bicyclic) bond motifs is 1. The summed E-state index contributed by atoms with van der Waals surface area (Å²) in [6.07, 6.45) is 7.98. The number of nitrogens with zero attached hydrogens (tertiary/aromatic N) is 5. The van der Waals surface area contributed by atoms with Crippen LogP contribution in [-0.2, 0) is 6.54 Å². The molecule has 6 heteroatoms. The van der Waals surface area contributed by atoms with Gasteiger partial charge in [-0.1, -0.05) is 0 Å². The van der Waals surface area contributed by atoms with Gasteiger partial charge in [0.15, 0.2) is 0 Å². The number of benzene rings is 1. The van der Waals surface area contributed by atoms with Crippen molar-refractivity contribution in [2.24, 2.45) is 0 Å². The average Bonchev–Trinajstić information content (AvgIpc) is 2.99. The van der Waals surface area contributed by atoms with Crippen molar-refractivity contribution >= 4 is 16.7 Å². The van der Waals surface area contributed by atoms with E-state index in [0.717, 1.165) is 36.2 Å². The van der Waals surface area contributed by atoms with Crippen molar-refractivity contribution < 1.29 is 4.39 Å². The fraction of sp³-hybridized carbons (Fsp3) is 0.267. The van der Waals surface area contributed by atoms with Crippen LogP contribution in [0.5, 0.6) is 0 Å². The minimum Gasteiger partial charge on any atom is -0.359 e. The van der Waals surface area contributed by atoms with Gasteiger partial charge in [0.05, 0.1) is 11.8 Å². The van der Waals surface area contributed by atoms with Crippen LogP contribution >= 0.6 is 0 Å². The maximum absolute atomic E-state index is 13.4. The van der Waals surface area contributed by atoms with Crippen LogP contribution in [0.25, 0.3) is 10.9 Å². The highest BCUT2D eigenvalue weighted by Crippen LogP contribution is 2.22. The van der Waals surface area contributed by atoms with Gasteiger partial charge in [0.25, 0.3) is 0 Å². The summed E-state index contributed by atoms with van der Waals surface area (Å²) in [5, 5.41) is 0.739. The van der Waals surface area contributed by atoms with Crippen LogP contribution in [0.1, 0.15) is 6.42 Å². The van der Waals surface area contributed by atoms with Gasteiger partial charge in [0.2, 0.25) is 0 Å². The Kier molecular flexibility index (Phi) is 3.77. The molecule has 108 valence electrons. The zero-order chi connectivity index (χ0) is 14.7. The fourth-order valence-electron chi connectivity index (χ4n) is 2.33. The van der Waals surface area contributed by atoms with E-state index in [1.807, 2.05) is 22.7 Å². The molecule has 21 heavy (non-hydrogen) atoms. The minimum absolute atomic E-state index is 0.273. The van der Waals surface area contributed by atoms with Crippen LogP contribution in [0.2, 0.25) is 0 Å². The third-order valence-electron chi connectivity index (χ3n) is 3.41. The first-order valence-electron chi connectivity index (χ1n) is 6.81. The van der Waals surface area contributed by atoms with Crippen LogP contribution in [-0.4, -0.2) is 33.1 Å². The molecule has 1 aromatic carbocycles. The van der Waals surface area contributed by atoms with Gasteiger partial charge in [-0.3, -0.25) is 0 Å². The molecule has 2 aromatic heterocycles. The smallest absolute Gasteiger partial charge is 0.139 e. The predicted molar refractivity (Wildman–Crippen MR) is 79.6 cm³/mol. The van der Waals surface area contributed by atoms with Crippen LogP contribution in [0.4, 0.5) is 10.2 Å². The van der Waals surface area contributed by atoms with E-state index < -0.39 is 0 Å². The van der Waals surface area contributed by atoms with Crippen molar-refractivity contribution in [3.63, 3.8) is 0 Å². The minimum atomic E-state index is -0.273. The van der Waals surface area contributed by atoms with Gasteiger partial charge >= 0.3 is 0 Å². The van der Waals surface area contributed by atoms with Gasteiger partial charge in [0, 0.05) is 37.9 Å². The molecule has 0 unspecified atom stereocenters. The monoisotopic (exact) mass is 285 g/mol. The molecule has 0 N–H and O–H groups in total. The molecule has 5 nitrogen and oxygen atoms in total. The summed E-state index contributed by atoms with van der Waals surface area (Å²) in [6.45, 7) is 1.71. The molecule has 0 fully saturated rings. The lowest BCUT2D eigenvalue weighted by atomic mass is 10.2. The number of aryl methyl sites for hydroxylation is 1. The number of anilines is 1. The van der Waals surface area contributed by atoms with Crippen molar-refractivity contribution in [3.8, 4) is 0 Å². The highest BCUT2D eigenvalue weighted by atomic mass is 19.1. The Bertz CT molecular complexity index is 726. The van der Waals surface area contributed by atoms with E-state index in [1.165, 1.54) is 18.5 Å². The number of hydrogen-bond acceptors (Lipinski definition) is 4. The van der Waals surface area contributed by atoms with Crippen LogP contribution in [0, 0.1) is 5.82 Å². The molecule has 0 radical (unpaired) electrons. The molecule has 0 aliphatic carbocycles. The topological polar surface area (TPSA) is 46.8 Å². The normalized spacial score (nSPS) is 11.0. The van der Waals surface area contributed by atoms with Gasteiger partial charge in [-0.05, 0) is 24.6 Å². The lowest BCUT2D eigenvalue weighted by Gasteiger charge is -2.19. The molecular weight excluding hydrogens is 269 g/mol. The molecule has 3 aromatic rings. The Hall–Kier alpha value is -2.50. The van der Waals surface area contributed by atoms with E-state index in [2.05, 4.69) is 15.0 Å². The summed E-state index contributed by atoms with van der Waals surface area (Å²) in [6, 6.07) is 4.57. The summed E-state index contributed by atoms with van der Waals surface area (Å²) in [4.78, 5) is 14.5. The van der Waals surface area contributed by atoms with Crippen LogP contribution in [0.15, 0.2) is 43.2 Å². The summed E-state index contributed by atoms with van der Waals surface area (Å²) >= 11 is 0. The second-order valence-corrected chi connectivity index (χ2v) is 4.93. The van der Waals surface area contributed by atoms with E-state index in [0.29, 0.717) is 0 Å². The molecule has 0 aliphatic heterocycles. The zero-order valence-electron chi connectivity index (χ0n) is 11.8. The van der Waals surface area contributed by atoms with Gasteiger partial charge in [-0.15, -0.1) is 0 Å². The molecule has 0 spiro atoms. The number of aromatic nitrogens is 4. The highest BCUT2D eigenvalue weighted by Gasteiger charge is 2.09. The highest BCUT2D eigenvalue weighted by molar-refractivity contribution is 5.89. The Morgan fingerprint density at radius 1 is 1.29 bits per heavy atom. The number of imidazole rings is 1. The second-order valence-electron chi connectivity index (χ2n) is 4.93. The van der Waals surface area contributed by atoms with Gasteiger partial charge in [-0.2, -0.15) is 0 Å². The summed E-state index contributed by atoms with van der Waals surface area (Å²) in [7, 11) is 1.96. The van der Waals surface area contributed by atoms with Crippen LogP contribution < -0.4 is 4.90 Å². The molecule has 0 bridgehead atoms. The average molecular weight is 285 g/mol. The Morgan fingerprint density at radius 2 is 2.19 bits per heavy atom. The Labute approximate surface area is 122 Å². The van der Waals surface area contributed by atoms with E-state index in [4.69, 9.17) is 0 Å². The standard InChI is InChI=1S/C15H16FN5/c1-20(6-2-7-21-8-5-17-11-21)15-13-9-12(16)3-4-14(13)18-10-19-15/h3-5,8-11H,2,6-7H2,1H3. The van der Waals surface area contributed by atoms with Crippen molar-refractivity contribution in [2.45, 2.75) is 13.0 Å². The molecular formula is C15H16FN5. The van der Waals surface area contributed by atoms with E-state index in [1.54, 1.807) is 18.6 Å². The lowest BCUT2D eigenvalue weighted by Crippen LogP contribution is -2.21.